The molecule has 23 heavy (non-hydrogen) atoms. The molecule has 120 valence electrons. The second-order valence-electron chi connectivity index (χ2n) is 5.34. The van der Waals surface area contributed by atoms with Gasteiger partial charge in [0.2, 0.25) is 5.95 Å². The summed E-state index contributed by atoms with van der Waals surface area (Å²) in [6, 6.07) is 6.73. The zero-order valence-electron chi connectivity index (χ0n) is 12.7. The second kappa shape index (κ2) is 6.52. The van der Waals surface area contributed by atoms with Crippen LogP contribution in [-0.2, 0) is 6.54 Å². The van der Waals surface area contributed by atoms with Crippen molar-refractivity contribution in [2.24, 2.45) is 5.73 Å². The van der Waals surface area contributed by atoms with Gasteiger partial charge < -0.3 is 15.6 Å². The molecular formula is C16H17ClFN5. The van der Waals surface area contributed by atoms with E-state index in [4.69, 9.17) is 17.3 Å². The summed E-state index contributed by atoms with van der Waals surface area (Å²) in [6.07, 6.45) is 1.78. The number of fused-ring (bicyclic) bond motifs is 1. The van der Waals surface area contributed by atoms with E-state index in [1.165, 1.54) is 6.07 Å². The minimum Gasteiger partial charge on any atom is -0.354 e. The summed E-state index contributed by atoms with van der Waals surface area (Å²) in [7, 11) is 0. The summed E-state index contributed by atoms with van der Waals surface area (Å²) < 4.78 is 15.3. The zero-order valence-corrected chi connectivity index (χ0v) is 13.4. The topological polar surface area (TPSA) is 68.8 Å². The largest absolute Gasteiger partial charge is 0.354 e. The van der Waals surface area contributed by atoms with E-state index >= 15 is 0 Å². The van der Waals surface area contributed by atoms with Gasteiger partial charge in [0.15, 0.2) is 5.65 Å². The number of anilines is 1. The highest BCUT2D eigenvalue weighted by atomic mass is 35.5. The van der Waals surface area contributed by atoms with Crippen molar-refractivity contribution in [3.63, 3.8) is 0 Å². The quantitative estimate of drug-likeness (QED) is 0.753. The highest BCUT2D eigenvalue weighted by Crippen LogP contribution is 2.23. The predicted molar refractivity (Wildman–Crippen MR) is 90.3 cm³/mol. The molecule has 0 amide bonds. The lowest BCUT2D eigenvalue weighted by Gasteiger charge is -2.11. The lowest BCUT2D eigenvalue weighted by molar-refractivity contribution is 0.627. The Kier molecular flexibility index (Phi) is 4.45. The maximum Gasteiger partial charge on any atom is 0.205 e. The fourth-order valence-electron chi connectivity index (χ4n) is 2.41. The third-order valence-corrected chi connectivity index (χ3v) is 3.78. The SMILES string of the molecule is Cc1cnc2nc(NCCN)n(Cc3ccc(F)c(Cl)c3)c2c1. The van der Waals surface area contributed by atoms with Gasteiger partial charge in [-0.3, -0.25) is 0 Å². The van der Waals surface area contributed by atoms with Crippen molar-refractivity contribution in [2.45, 2.75) is 13.5 Å². The molecule has 0 radical (unpaired) electrons. The third kappa shape index (κ3) is 3.28. The highest BCUT2D eigenvalue weighted by Gasteiger charge is 2.13. The van der Waals surface area contributed by atoms with E-state index in [1.807, 2.05) is 17.6 Å². The van der Waals surface area contributed by atoms with Crippen molar-refractivity contribution in [3.8, 4) is 0 Å². The number of pyridine rings is 1. The molecule has 0 atom stereocenters. The molecule has 3 N–H and O–H groups in total. The van der Waals surface area contributed by atoms with Gasteiger partial charge >= 0.3 is 0 Å². The molecule has 7 heteroatoms. The first-order valence-corrected chi connectivity index (χ1v) is 7.67. The minimum absolute atomic E-state index is 0.109. The first-order chi connectivity index (χ1) is 11.1. The number of hydrogen-bond acceptors (Lipinski definition) is 4. The van der Waals surface area contributed by atoms with Gasteiger partial charge in [-0.1, -0.05) is 17.7 Å². The van der Waals surface area contributed by atoms with Gasteiger partial charge in [0, 0.05) is 19.3 Å². The van der Waals surface area contributed by atoms with Gasteiger partial charge in [-0.05, 0) is 36.2 Å². The minimum atomic E-state index is -0.426. The predicted octanol–water partition coefficient (Wildman–Crippen LogP) is 2.95. The first kappa shape index (κ1) is 15.7. The van der Waals surface area contributed by atoms with Crippen molar-refractivity contribution >= 4 is 28.7 Å². The maximum absolute atomic E-state index is 13.3. The van der Waals surface area contributed by atoms with Crippen LogP contribution in [0.25, 0.3) is 11.2 Å². The molecule has 0 spiro atoms. The van der Waals surface area contributed by atoms with Crippen LogP contribution in [0, 0.1) is 12.7 Å². The van der Waals surface area contributed by atoms with E-state index in [0.29, 0.717) is 31.2 Å². The van der Waals surface area contributed by atoms with Crippen LogP contribution in [0.4, 0.5) is 10.3 Å². The Hall–Kier alpha value is -2.18. The molecule has 2 aromatic heterocycles. The van der Waals surface area contributed by atoms with E-state index in [1.54, 1.807) is 18.3 Å². The standard InChI is InChI=1S/C16H17ClFN5/c1-10-6-14-15(21-8-10)22-16(20-5-4-19)23(14)9-11-2-3-13(18)12(17)7-11/h2-3,6-8H,4-5,9,19H2,1H3,(H,20,21,22). The van der Waals surface area contributed by atoms with E-state index < -0.39 is 5.82 Å². The molecule has 0 aliphatic carbocycles. The lowest BCUT2D eigenvalue weighted by Crippen LogP contribution is -2.16. The number of aromatic nitrogens is 3. The van der Waals surface area contributed by atoms with Gasteiger partial charge in [-0.2, -0.15) is 4.98 Å². The number of rotatable bonds is 5. The molecular weight excluding hydrogens is 317 g/mol. The molecule has 3 aromatic rings. The van der Waals surface area contributed by atoms with Crippen molar-refractivity contribution < 1.29 is 4.39 Å². The molecule has 0 fully saturated rings. The Balaban J connectivity index is 2.05. The van der Waals surface area contributed by atoms with E-state index in [-0.39, 0.29) is 5.02 Å². The summed E-state index contributed by atoms with van der Waals surface area (Å²) in [5.74, 6) is 0.258. The van der Waals surface area contributed by atoms with Crippen LogP contribution < -0.4 is 11.1 Å². The second-order valence-corrected chi connectivity index (χ2v) is 5.75. The Morgan fingerprint density at radius 3 is 2.91 bits per heavy atom. The van der Waals surface area contributed by atoms with Gasteiger partial charge in [-0.25, -0.2) is 9.37 Å². The van der Waals surface area contributed by atoms with Crippen LogP contribution in [-0.4, -0.2) is 27.6 Å². The van der Waals surface area contributed by atoms with Crippen LogP contribution in [0.3, 0.4) is 0 Å². The normalized spacial score (nSPS) is 11.1. The molecule has 2 heterocycles. The van der Waals surface area contributed by atoms with Crippen molar-refractivity contribution in [1.29, 1.82) is 0 Å². The third-order valence-electron chi connectivity index (χ3n) is 3.49. The molecule has 0 unspecified atom stereocenters. The van der Waals surface area contributed by atoms with Crippen molar-refractivity contribution in [3.05, 3.63) is 52.4 Å². The first-order valence-electron chi connectivity index (χ1n) is 7.29. The smallest absolute Gasteiger partial charge is 0.205 e. The summed E-state index contributed by atoms with van der Waals surface area (Å²) in [5.41, 5.74) is 9.05. The van der Waals surface area contributed by atoms with Crippen LogP contribution in [0.15, 0.2) is 30.5 Å². The van der Waals surface area contributed by atoms with Crippen LogP contribution in [0.1, 0.15) is 11.1 Å². The fraction of sp³-hybridized carbons (Fsp3) is 0.250. The van der Waals surface area contributed by atoms with Crippen molar-refractivity contribution in [1.82, 2.24) is 14.5 Å². The molecule has 1 aromatic carbocycles. The average molecular weight is 334 g/mol. The number of imidazole rings is 1. The fourth-order valence-corrected chi connectivity index (χ4v) is 2.61. The molecule has 5 nitrogen and oxygen atoms in total. The molecule has 3 rings (SSSR count). The lowest BCUT2D eigenvalue weighted by atomic mass is 10.2. The van der Waals surface area contributed by atoms with Gasteiger partial charge in [0.05, 0.1) is 17.1 Å². The molecule has 0 saturated carbocycles. The summed E-state index contributed by atoms with van der Waals surface area (Å²) in [5, 5.41) is 3.31. The highest BCUT2D eigenvalue weighted by molar-refractivity contribution is 6.30. The van der Waals surface area contributed by atoms with Crippen LogP contribution in [0.2, 0.25) is 5.02 Å². The van der Waals surface area contributed by atoms with Gasteiger partial charge in [0.1, 0.15) is 5.82 Å². The average Bonchev–Trinajstić information content (AvgIpc) is 2.86. The number of aryl methyl sites for hydroxylation is 1. The number of nitrogens with zero attached hydrogens (tertiary/aromatic N) is 3. The zero-order chi connectivity index (χ0) is 16.4. The van der Waals surface area contributed by atoms with Crippen molar-refractivity contribution in [2.75, 3.05) is 18.4 Å². The van der Waals surface area contributed by atoms with E-state index in [9.17, 15) is 4.39 Å². The monoisotopic (exact) mass is 333 g/mol. The van der Waals surface area contributed by atoms with E-state index in [0.717, 1.165) is 16.6 Å². The van der Waals surface area contributed by atoms with Crippen LogP contribution in [0.5, 0.6) is 0 Å². The molecule has 0 bridgehead atoms. The summed E-state index contributed by atoms with van der Waals surface area (Å²) in [4.78, 5) is 8.86. The molecule has 0 saturated heterocycles. The summed E-state index contributed by atoms with van der Waals surface area (Å²) >= 11 is 5.88. The number of hydrogen-bond donors (Lipinski definition) is 2. The Bertz CT molecular complexity index is 846. The Morgan fingerprint density at radius 2 is 2.17 bits per heavy atom. The Labute approximate surface area is 138 Å². The number of nitrogens with one attached hydrogen (secondary N) is 1. The number of benzene rings is 1. The maximum atomic E-state index is 13.3. The Morgan fingerprint density at radius 1 is 1.35 bits per heavy atom. The van der Waals surface area contributed by atoms with Crippen LogP contribution >= 0.6 is 11.6 Å². The van der Waals surface area contributed by atoms with Gasteiger partial charge in [-0.15, -0.1) is 0 Å². The van der Waals surface area contributed by atoms with E-state index in [2.05, 4.69) is 15.3 Å². The molecule has 0 aliphatic rings. The number of nitrogens with two attached hydrogens (primary N) is 1. The summed E-state index contributed by atoms with van der Waals surface area (Å²) in [6.45, 7) is 3.59. The molecule has 0 aliphatic heterocycles. The number of halogens is 2. The van der Waals surface area contributed by atoms with Gasteiger partial charge in [0.25, 0.3) is 0 Å².